The van der Waals surface area contributed by atoms with E-state index in [4.69, 9.17) is 14.7 Å². The van der Waals surface area contributed by atoms with Crippen LogP contribution in [0.2, 0.25) is 0 Å². The topological polar surface area (TPSA) is 134 Å². The van der Waals surface area contributed by atoms with Gasteiger partial charge in [0.2, 0.25) is 0 Å². The number of hydrogen-bond donors (Lipinski definition) is 4. The quantitative estimate of drug-likeness (QED) is 0.214. The fourth-order valence-electron chi connectivity index (χ4n) is 2.67. The van der Waals surface area contributed by atoms with E-state index in [2.05, 4.69) is 37.2 Å². The number of phenolic OH excluding ortho intramolecular Hbond substituents is 1. The SMILES string of the molecule is CCO[C@@H](/C=C/C(=O)NO)[C@@H](OC(=O)NC(=O)c1ccccc1)c1cc(Br)cc(Br)c1O. The standard InChI is InChI=1S/C21H20Br2N2O7/c1-2-31-16(8-9-17(26)25-30)19(14-10-13(22)11-15(23)18(14)27)32-21(29)24-20(28)12-6-4-3-5-7-12/h3-11,16,19,27,30H,2H2,1H3,(H,25,26)(H,24,28,29)/b9-8+/t16-,19-/m0/s1. The lowest BCUT2D eigenvalue weighted by Crippen LogP contribution is -2.35. The summed E-state index contributed by atoms with van der Waals surface area (Å²) in [6.45, 7) is 1.84. The number of alkyl carbamates (subject to hydrolysis) is 1. The van der Waals surface area contributed by atoms with Gasteiger partial charge >= 0.3 is 6.09 Å². The zero-order valence-corrected chi connectivity index (χ0v) is 19.9. The average Bonchev–Trinajstić information content (AvgIpc) is 2.78. The molecule has 0 saturated heterocycles. The molecule has 0 bridgehead atoms. The highest BCUT2D eigenvalue weighted by Crippen LogP contribution is 2.39. The van der Waals surface area contributed by atoms with Crippen molar-refractivity contribution in [3.8, 4) is 5.75 Å². The van der Waals surface area contributed by atoms with E-state index in [-0.39, 0.29) is 23.5 Å². The Labute approximate surface area is 200 Å². The zero-order valence-electron chi connectivity index (χ0n) is 16.7. The van der Waals surface area contributed by atoms with Crippen LogP contribution in [0.15, 0.2) is 63.6 Å². The molecule has 0 aliphatic rings. The molecule has 4 N–H and O–H groups in total. The van der Waals surface area contributed by atoms with Gasteiger partial charge in [0.15, 0.2) is 6.10 Å². The number of phenols is 1. The van der Waals surface area contributed by atoms with E-state index in [1.54, 1.807) is 31.2 Å². The first-order chi connectivity index (χ1) is 15.3. The number of rotatable bonds is 8. The van der Waals surface area contributed by atoms with Crippen LogP contribution >= 0.6 is 31.9 Å². The normalized spacial score (nSPS) is 12.8. The van der Waals surface area contributed by atoms with Gasteiger partial charge in [-0.25, -0.2) is 10.3 Å². The highest BCUT2D eigenvalue weighted by molar-refractivity contribution is 9.11. The van der Waals surface area contributed by atoms with E-state index in [1.165, 1.54) is 29.8 Å². The number of nitrogens with one attached hydrogen (secondary N) is 2. The van der Waals surface area contributed by atoms with Crippen molar-refractivity contribution in [3.63, 3.8) is 0 Å². The molecule has 3 amide bonds. The highest BCUT2D eigenvalue weighted by Gasteiger charge is 2.30. The van der Waals surface area contributed by atoms with Crippen LogP contribution in [0.25, 0.3) is 0 Å². The average molecular weight is 572 g/mol. The summed E-state index contributed by atoms with van der Waals surface area (Å²) in [5, 5.41) is 21.4. The molecule has 0 radical (unpaired) electrons. The van der Waals surface area contributed by atoms with Gasteiger partial charge in [0.25, 0.3) is 11.8 Å². The predicted molar refractivity (Wildman–Crippen MR) is 121 cm³/mol. The maximum Gasteiger partial charge on any atom is 0.414 e. The Morgan fingerprint density at radius 3 is 2.47 bits per heavy atom. The Bertz CT molecular complexity index is 999. The molecule has 2 rings (SSSR count). The van der Waals surface area contributed by atoms with Crippen LogP contribution in [0.3, 0.4) is 0 Å². The summed E-state index contributed by atoms with van der Waals surface area (Å²) in [6.07, 6.45) is -1.19. The largest absolute Gasteiger partial charge is 0.506 e. The molecular formula is C21H20Br2N2O7. The molecular weight excluding hydrogens is 552 g/mol. The molecule has 0 saturated carbocycles. The minimum Gasteiger partial charge on any atom is -0.506 e. The number of imide groups is 1. The monoisotopic (exact) mass is 570 g/mol. The minimum atomic E-state index is -1.27. The van der Waals surface area contributed by atoms with E-state index in [1.807, 2.05) is 0 Å². The minimum absolute atomic E-state index is 0.140. The van der Waals surface area contributed by atoms with Crippen LogP contribution in [0.4, 0.5) is 4.79 Å². The number of carbonyl (C=O) groups is 3. The molecule has 2 aromatic carbocycles. The number of halogens is 2. The summed E-state index contributed by atoms with van der Waals surface area (Å²) in [7, 11) is 0. The third-order valence-corrected chi connectivity index (χ3v) is 5.12. The molecule has 32 heavy (non-hydrogen) atoms. The van der Waals surface area contributed by atoms with Gasteiger partial charge < -0.3 is 14.6 Å². The zero-order chi connectivity index (χ0) is 23.7. The Kier molecular flexibility index (Phi) is 9.85. The van der Waals surface area contributed by atoms with Gasteiger partial charge in [-0.15, -0.1) is 0 Å². The summed E-state index contributed by atoms with van der Waals surface area (Å²) >= 11 is 6.52. The van der Waals surface area contributed by atoms with E-state index in [9.17, 15) is 19.5 Å². The number of amides is 3. The van der Waals surface area contributed by atoms with E-state index >= 15 is 0 Å². The van der Waals surface area contributed by atoms with Crippen molar-refractivity contribution in [1.82, 2.24) is 10.8 Å². The summed E-state index contributed by atoms with van der Waals surface area (Å²) in [5.41, 5.74) is 1.83. The molecule has 0 aliphatic carbocycles. The van der Waals surface area contributed by atoms with Crippen molar-refractivity contribution >= 4 is 49.8 Å². The lowest BCUT2D eigenvalue weighted by molar-refractivity contribution is -0.124. The number of hydrogen-bond acceptors (Lipinski definition) is 7. The maximum atomic E-state index is 12.5. The Morgan fingerprint density at radius 1 is 1.16 bits per heavy atom. The van der Waals surface area contributed by atoms with Crippen molar-refractivity contribution in [1.29, 1.82) is 0 Å². The Balaban J connectivity index is 2.38. The summed E-state index contributed by atoms with van der Waals surface area (Å²) in [5.74, 6) is -1.75. The second kappa shape index (κ2) is 12.3. The van der Waals surface area contributed by atoms with Crippen molar-refractivity contribution in [2.75, 3.05) is 6.61 Å². The van der Waals surface area contributed by atoms with Gasteiger partial charge in [0.1, 0.15) is 11.9 Å². The molecule has 0 heterocycles. The van der Waals surface area contributed by atoms with E-state index < -0.39 is 30.1 Å². The van der Waals surface area contributed by atoms with Crippen molar-refractivity contribution in [3.05, 3.63) is 74.7 Å². The molecule has 0 aliphatic heterocycles. The molecule has 0 aromatic heterocycles. The molecule has 11 heteroatoms. The number of ether oxygens (including phenoxy) is 2. The molecule has 2 atom stereocenters. The fraction of sp³-hybridized carbons (Fsp3) is 0.190. The lowest BCUT2D eigenvalue weighted by atomic mass is 10.0. The van der Waals surface area contributed by atoms with Gasteiger partial charge in [-0.05, 0) is 53.2 Å². The first-order valence-corrected chi connectivity index (χ1v) is 10.8. The molecule has 0 spiro atoms. The summed E-state index contributed by atoms with van der Waals surface area (Å²) < 4.78 is 11.9. The van der Waals surface area contributed by atoms with Crippen LogP contribution in [0.1, 0.15) is 28.9 Å². The van der Waals surface area contributed by atoms with Crippen LogP contribution in [0, 0.1) is 0 Å². The number of benzene rings is 2. The maximum absolute atomic E-state index is 12.5. The van der Waals surface area contributed by atoms with Crippen LogP contribution < -0.4 is 10.8 Å². The lowest BCUT2D eigenvalue weighted by Gasteiger charge is -2.26. The summed E-state index contributed by atoms with van der Waals surface area (Å²) in [6, 6.07) is 11.1. The Morgan fingerprint density at radius 2 is 1.84 bits per heavy atom. The number of aromatic hydroxyl groups is 1. The van der Waals surface area contributed by atoms with Crippen LogP contribution in [-0.2, 0) is 14.3 Å². The second-order valence-electron chi connectivity index (χ2n) is 6.23. The predicted octanol–water partition coefficient (Wildman–Crippen LogP) is 3.99. The van der Waals surface area contributed by atoms with E-state index in [0.29, 0.717) is 8.95 Å². The number of hydroxylamine groups is 1. The Hall–Kier alpha value is -2.73. The molecule has 9 nitrogen and oxygen atoms in total. The van der Waals surface area contributed by atoms with E-state index in [0.717, 1.165) is 6.08 Å². The van der Waals surface area contributed by atoms with Gasteiger partial charge in [0.05, 0.1) is 4.47 Å². The third-order valence-electron chi connectivity index (χ3n) is 4.05. The summed E-state index contributed by atoms with van der Waals surface area (Å²) in [4.78, 5) is 36.3. The van der Waals surface area contributed by atoms with Gasteiger partial charge in [-0.1, -0.05) is 34.1 Å². The van der Waals surface area contributed by atoms with Crippen molar-refractivity contribution in [2.45, 2.75) is 19.1 Å². The van der Waals surface area contributed by atoms with Crippen LogP contribution in [0.5, 0.6) is 5.75 Å². The van der Waals surface area contributed by atoms with Gasteiger partial charge in [0, 0.05) is 28.3 Å². The fourth-order valence-corrected chi connectivity index (χ4v) is 3.92. The first kappa shape index (κ1) is 25.5. The first-order valence-electron chi connectivity index (χ1n) is 9.25. The molecule has 170 valence electrons. The van der Waals surface area contributed by atoms with Crippen molar-refractivity contribution < 1.29 is 34.2 Å². The molecule has 0 fully saturated rings. The number of carbonyl (C=O) groups excluding carboxylic acids is 3. The molecule has 2 aromatic rings. The van der Waals surface area contributed by atoms with Gasteiger partial charge in [-0.3, -0.25) is 20.1 Å². The highest BCUT2D eigenvalue weighted by atomic mass is 79.9. The van der Waals surface area contributed by atoms with Crippen molar-refractivity contribution in [2.24, 2.45) is 0 Å². The smallest absolute Gasteiger partial charge is 0.414 e. The van der Waals surface area contributed by atoms with Gasteiger partial charge in [-0.2, -0.15) is 0 Å². The van der Waals surface area contributed by atoms with Crippen LogP contribution in [-0.4, -0.2) is 40.9 Å². The molecule has 0 unspecified atom stereocenters. The second-order valence-corrected chi connectivity index (χ2v) is 8.00. The third kappa shape index (κ3) is 7.16.